The van der Waals surface area contributed by atoms with Crippen LogP contribution in [0.25, 0.3) is 0 Å². The number of halogens is 1. The van der Waals surface area contributed by atoms with Crippen LogP contribution in [0.2, 0.25) is 5.02 Å². The summed E-state index contributed by atoms with van der Waals surface area (Å²) in [7, 11) is 1.59. The Morgan fingerprint density at radius 1 is 0.944 bits per heavy atom. The summed E-state index contributed by atoms with van der Waals surface area (Å²) in [5.41, 5.74) is 1.80. The lowest BCUT2D eigenvalue weighted by Gasteiger charge is -2.31. The molecule has 3 aromatic rings. The molecular weight excluding hydrogens is 476 g/mol. The highest BCUT2D eigenvalue weighted by Crippen LogP contribution is 2.20. The van der Waals surface area contributed by atoms with Gasteiger partial charge in [-0.3, -0.25) is 9.59 Å². The number of amides is 2. The number of nitrogens with zero attached hydrogens (tertiary/aromatic N) is 1. The maximum Gasteiger partial charge on any atom is 0.261 e. The fourth-order valence-corrected chi connectivity index (χ4v) is 4.00. The van der Waals surface area contributed by atoms with Gasteiger partial charge in [0.05, 0.1) is 7.11 Å². The number of carbonyl (C=O) groups excluding carboxylic acids is 2. The standard InChI is InChI=1S/C29H33ClN2O4/c1-3-4-17-31-29(34)27(19-22-9-6-5-7-10-22)32(20-23-11-8-12-24(30)18-23)28(33)21-36-26-15-13-25(35-2)14-16-26/h5-16,18,27H,3-4,17,19-21H2,1-2H3,(H,31,34)/t27-/m0/s1. The number of hydrogen-bond acceptors (Lipinski definition) is 4. The molecule has 1 atom stereocenters. The number of unbranched alkanes of at least 4 members (excludes halogenated alkanes) is 1. The first-order valence-electron chi connectivity index (χ1n) is 12.1. The van der Waals surface area contributed by atoms with Crippen LogP contribution in [0.1, 0.15) is 30.9 Å². The first-order chi connectivity index (χ1) is 17.5. The Labute approximate surface area is 218 Å². The maximum absolute atomic E-state index is 13.6. The monoisotopic (exact) mass is 508 g/mol. The summed E-state index contributed by atoms with van der Waals surface area (Å²) in [6.45, 7) is 2.64. The summed E-state index contributed by atoms with van der Waals surface area (Å²) in [6, 6.07) is 23.3. The Bertz CT molecular complexity index is 1110. The minimum absolute atomic E-state index is 0.188. The van der Waals surface area contributed by atoms with Crippen molar-refractivity contribution in [1.29, 1.82) is 0 Å². The normalized spacial score (nSPS) is 11.4. The molecule has 1 N–H and O–H groups in total. The van der Waals surface area contributed by atoms with Crippen LogP contribution in [-0.2, 0) is 22.6 Å². The molecular formula is C29H33ClN2O4. The zero-order chi connectivity index (χ0) is 25.8. The molecule has 0 aliphatic carbocycles. The second kappa shape index (κ2) is 14.1. The van der Waals surface area contributed by atoms with Gasteiger partial charge in [-0.05, 0) is 53.9 Å². The molecule has 190 valence electrons. The smallest absolute Gasteiger partial charge is 0.261 e. The van der Waals surface area contributed by atoms with Crippen LogP contribution in [0.15, 0.2) is 78.9 Å². The number of nitrogens with one attached hydrogen (secondary N) is 1. The van der Waals surface area contributed by atoms with E-state index in [1.807, 2.05) is 42.5 Å². The largest absolute Gasteiger partial charge is 0.497 e. The summed E-state index contributed by atoms with van der Waals surface area (Å²) < 4.78 is 11.0. The van der Waals surface area contributed by atoms with E-state index in [2.05, 4.69) is 12.2 Å². The maximum atomic E-state index is 13.6. The summed E-state index contributed by atoms with van der Waals surface area (Å²) in [6.07, 6.45) is 2.21. The molecule has 36 heavy (non-hydrogen) atoms. The van der Waals surface area contributed by atoms with Crippen molar-refractivity contribution in [2.45, 2.75) is 38.8 Å². The van der Waals surface area contributed by atoms with Gasteiger partial charge in [-0.15, -0.1) is 0 Å². The lowest BCUT2D eigenvalue weighted by molar-refractivity contribution is -0.142. The van der Waals surface area contributed by atoms with E-state index in [9.17, 15) is 9.59 Å². The van der Waals surface area contributed by atoms with Gasteiger partial charge in [0.15, 0.2) is 6.61 Å². The molecule has 2 amide bonds. The molecule has 0 bridgehead atoms. The molecule has 0 heterocycles. The molecule has 7 heteroatoms. The summed E-state index contributed by atoms with van der Waals surface area (Å²) in [5.74, 6) is 0.756. The number of ether oxygens (including phenoxy) is 2. The number of methoxy groups -OCH3 is 1. The van der Waals surface area contributed by atoms with Gasteiger partial charge in [-0.2, -0.15) is 0 Å². The van der Waals surface area contributed by atoms with Crippen LogP contribution in [0, 0.1) is 0 Å². The van der Waals surface area contributed by atoms with Crippen molar-refractivity contribution < 1.29 is 19.1 Å². The van der Waals surface area contributed by atoms with Crippen molar-refractivity contribution in [3.63, 3.8) is 0 Å². The molecule has 0 saturated carbocycles. The second-order valence-corrected chi connectivity index (χ2v) is 8.90. The van der Waals surface area contributed by atoms with E-state index in [1.54, 1.807) is 48.4 Å². The first kappa shape index (κ1) is 27.1. The highest BCUT2D eigenvalue weighted by atomic mass is 35.5. The van der Waals surface area contributed by atoms with Crippen molar-refractivity contribution in [3.8, 4) is 11.5 Å². The van der Waals surface area contributed by atoms with E-state index in [0.717, 1.165) is 24.0 Å². The molecule has 6 nitrogen and oxygen atoms in total. The van der Waals surface area contributed by atoms with Crippen LogP contribution in [0.5, 0.6) is 11.5 Å². The predicted octanol–water partition coefficient (Wildman–Crippen LogP) is 5.28. The topological polar surface area (TPSA) is 67.9 Å². The summed E-state index contributed by atoms with van der Waals surface area (Å²) >= 11 is 6.21. The third-order valence-corrected chi connectivity index (χ3v) is 6.00. The summed E-state index contributed by atoms with van der Waals surface area (Å²) in [5, 5.41) is 3.58. The summed E-state index contributed by atoms with van der Waals surface area (Å²) in [4.78, 5) is 28.5. The number of hydrogen-bond donors (Lipinski definition) is 1. The molecule has 0 unspecified atom stereocenters. The van der Waals surface area contributed by atoms with E-state index < -0.39 is 6.04 Å². The number of rotatable bonds is 13. The SMILES string of the molecule is CCCCNC(=O)[C@H](Cc1ccccc1)N(Cc1cccc(Cl)c1)C(=O)COc1ccc(OC)cc1. The van der Waals surface area contributed by atoms with Crippen LogP contribution in [0.4, 0.5) is 0 Å². The molecule has 0 saturated heterocycles. The molecule has 0 aromatic heterocycles. The lowest BCUT2D eigenvalue weighted by Crippen LogP contribution is -2.51. The Balaban J connectivity index is 1.86. The average Bonchev–Trinajstić information content (AvgIpc) is 2.90. The molecule has 3 rings (SSSR count). The Morgan fingerprint density at radius 3 is 2.31 bits per heavy atom. The van der Waals surface area contributed by atoms with E-state index in [-0.39, 0.29) is 25.0 Å². The van der Waals surface area contributed by atoms with Crippen molar-refractivity contribution in [2.24, 2.45) is 0 Å². The van der Waals surface area contributed by atoms with Gasteiger partial charge in [0.25, 0.3) is 5.91 Å². The molecule has 0 aliphatic heterocycles. The van der Waals surface area contributed by atoms with Gasteiger partial charge in [-0.1, -0.05) is 67.4 Å². The van der Waals surface area contributed by atoms with Crippen molar-refractivity contribution in [1.82, 2.24) is 10.2 Å². The van der Waals surface area contributed by atoms with E-state index in [1.165, 1.54) is 0 Å². The van der Waals surface area contributed by atoms with Crippen molar-refractivity contribution in [3.05, 3.63) is 95.0 Å². The molecule has 0 fully saturated rings. The van der Waals surface area contributed by atoms with E-state index in [0.29, 0.717) is 29.5 Å². The second-order valence-electron chi connectivity index (χ2n) is 8.47. The van der Waals surface area contributed by atoms with Crippen molar-refractivity contribution >= 4 is 23.4 Å². The fraction of sp³-hybridized carbons (Fsp3) is 0.310. The Morgan fingerprint density at radius 2 is 1.64 bits per heavy atom. The first-order valence-corrected chi connectivity index (χ1v) is 12.5. The molecule has 0 aliphatic rings. The van der Waals surface area contributed by atoms with Gasteiger partial charge in [-0.25, -0.2) is 0 Å². The zero-order valence-electron chi connectivity index (χ0n) is 20.8. The van der Waals surface area contributed by atoms with Gasteiger partial charge >= 0.3 is 0 Å². The van der Waals surface area contributed by atoms with Crippen LogP contribution < -0.4 is 14.8 Å². The quantitative estimate of drug-likeness (QED) is 0.319. The number of carbonyl (C=O) groups is 2. The van der Waals surface area contributed by atoms with Crippen molar-refractivity contribution in [2.75, 3.05) is 20.3 Å². The van der Waals surface area contributed by atoms with Gasteiger partial charge in [0.1, 0.15) is 17.5 Å². The highest BCUT2D eigenvalue weighted by Gasteiger charge is 2.30. The van der Waals surface area contributed by atoms with Gasteiger partial charge in [0, 0.05) is 24.5 Å². The molecule has 3 aromatic carbocycles. The van der Waals surface area contributed by atoms with Gasteiger partial charge in [0.2, 0.25) is 5.91 Å². The fourth-order valence-electron chi connectivity index (χ4n) is 3.79. The van der Waals surface area contributed by atoms with Gasteiger partial charge < -0.3 is 19.7 Å². The third-order valence-electron chi connectivity index (χ3n) is 5.76. The molecule has 0 radical (unpaired) electrons. The van der Waals surface area contributed by atoms with Crippen LogP contribution in [-0.4, -0.2) is 43.0 Å². The number of benzene rings is 3. The zero-order valence-corrected chi connectivity index (χ0v) is 21.5. The van der Waals surface area contributed by atoms with Crippen LogP contribution in [0.3, 0.4) is 0 Å². The average molecular weight is 509 g/mol. The minimum Gasteiger partial charge on any atom is -0.497 e. The predicted molar refractivity (Wildman–Crippen MR) is 142 cm³/mol. The van der Waals surface area contributed by atoms with E-state index in [4.69, 9.17) is 21.1 Å². The highest BCUT2D eigenvalue weighted by molar-refractivity contribution is 6.30. The van der Waals surface area contributed by atoms with E-state index >= 15 is 0 Å². The lowest BCUT2D eigenvalue weighted by atomic mass is 10.0. The Kier molecular flexibility index (Phi) is 10.6. The minimum atomic E-state index is -0.713. The molecule has 0 spiro atoms. The third kappa shape index (κ3) is 8.31. The van der Waals surface area contributed by atoms with Crippen LogP contribution >= 0.6 is 11.6 Å². The Hall–Kier alpha value is -3.51.